The number of thiazole rings is 1. The summed E-state index contributed by atoms with van der Waals surface area (Å²) in [6, 6.07) is 11.9. The van der Waals surface area contributed by atoms with Crippen LogP contribution in [0.2, 0.25) is 5.02 Å². The summed E-state index contributed by atoms with van der Waals surface area (Å²) in [7, 11) is 0. The minimum atomic E-state index is -4.44. The van der Waals surface area contributed by atoms with E-state index in [1.54, 1.807) is 12.1 Å². The Kier molecular flexibility index (Phi) is 5.53. The lowest BCUT2D eigenvalue weighted by molar-refractivity contribution is -0.137. The van der Waals surface area contributed by atoms with Gasteiger partial charge < -0.3 is 5.32 Å². The number of nitrogens with zero attached hydrogens (tertiary/aromatic N) is 1. The van der Waals surface area contributed by atoms with Crippen LogP contribution < -0.4 is 5.32 Å². The maximum atomic E-state index is 12.8. The summed E-state index contributed by atoms with van der Waals surface area (Å²) < 4.78 is 38.3. The van der Waals surface area contributed by atoms with Crippen LogP contribution in [0.15, 0.2) is 48.5 Å². The highest BCUT2D eigenvalue weighted by Crippen LogP contribution is 2.32. The summed E-state index contributed by atoms with van der Waals surface area (Å²) in [5, 5.41) is 3.66. The average Bonchev–Trinajstić information content (AvgIpc) is 2.95. The van der Waals surface area contributed by atoms with E-state index in [-0.39, 0.29) is 12.0 Å². The van der Waals surface area contributed by atoms with Gasteiger partial charge in [0, 0.05) is 15.5 Å². The van der Waals surface area contributed by atoms with E-state index in [0.717, 1.165) is 28.3 Å². The molecule has 0 aliphatic heterocycles. The van der Waals surface area contributed by atoms with E-state index in [9.17, 15) is 18.0 Å². The molecule has 3 aromatic rings. The Morgan fingerprint density at radius 3 is 2.56 bits per heavy atom. The summed E-state index contributed by atoms with van der Waals surface area (Å²) in [6.07, 6.45) is -4.61. The topological polar surface area (TPSA) is 42.0 Å². The zero-order chi connectivity index (χ0) is 19.6. The molecule has 0 saturated heterocycles. The summed E-state index contributed by atoms with van der Waals surface area (Å²) in [4.78, 5) is 17.5. The number of hydrogen-bond acceptors (Lipinski definition) is 3. The number of carbonyl (C=O) groups excluding carboxylic acids is 1. The molecule has 8 heteroatoms. The van der Waals surface area contributed by atoms with Crippen LogP contribution in [0.25, 0.3) is 11.3 Å². The second kappa shape index (κ2) is 7.70. The molecule has 0 bridgehead atoms. The maximum absolute atomic E-state index is 12.8. The second-order valence-electron chi connectivity index (χ2n) is 5.85. The Balaban J connectivity index is 1.72. The van der Waals surface area contributed by atoms with Gasteiger partial charge in [-0.05, 0) is 30.7 Å². The number of aromatic nitrogens is 1. The van der Waals surface area contributed by atoms with E-state index in [1.807, 2.05) is 19.1 Å². The minimum absolute atomic E-state index is 0.168. The molecule has 3 rings (SSSR count). The van der Waals surface area contributed by atoms with Crippen molar-refractivity contribution < 1.29 is 18.0 Å². The highest BCUT2D eigenvalue weighted by atomic mass is 35.5. The molecule has 0 saturated carbocycles. The van der Waals surface area contributed by atoms with Crippen molar-refractivity contribution in [2.45, 2.75) is 19.5 Å². The molecule has 2 aromatic carbocycles. The number of hydrogen-bond donors (Lipinski definition) is 1. The van der Waals surface area contributed by atoms with Crippen molar-refractivity contribution in [2.24, 2.45) is 0 Å². The predicted octanol–water partition coefficient (Wildman–Crippen LogP) is 5.97. The van der Waals surface area contributed by atoms with Gasteiger partial charge in [0.05, 0.1) is 17.7 Å². The number of halogens is 4. The van der Waals surface area contributed by atoms with E-state index in [4.69, 9.17) is 11.6 Å². The van der Waals surface area contributed by atoms with Crippen LogP contribution >= 0.6 is 22.9 Å². The Labute approximate surface area is 162 Å². The number of amides is 1. The van der Waals surface area contributed by atoms with Crippen LogP contribution in [0.3, 0.4) is 0 Å². The number of rotatable bonds is 4. The van der Waals surface area contributed by atoms with E-state index in [1.165, 1.54) is 23.5 Å². The second-order valence-corrected chi connectivity index (χ2v) is 7.49. The van der Waals surface area contributed by atoms with Gasteiger partial charge in [-0.3, -0.25) is 4.79 Å². The first kappa shape index (κ1) is 19.4. The quantitative estimate of drug-likeness (QED) is 0.575. The van der Waals surface area contributed by atoms with Crippen molar-refractivity contribution in [1.82, 2.24) is 4.98 Å². The molecule has 1 heterocycles. The normalized spacial score (nSPS) is 11.4. The van der Waals surface area contributed by atoms with Gasteiger partial charge in [0.1, 0.15) is 0 Å². The van der Waals surface area contributed by atoms with Gasteiger partial charge in [-0.1, -0.05) is 41.9 Å². The number of carbonyl (C=O) groups is 1. The fraction of sp³-hybridized carbons (Fsp3) is 0.158. The SMILES string of the molecule is Cc1sc(NC(=O)Cc2cccc(C(F)(F)F)c2)nc1-c1ccc(Cl)cc1. The van der Waals surface area contributed by atoms with E-state index < -0.39 is 17.6 Å². The fourth-order valence-electron chi connectivity index (χ4n) is 2.53. The number of benzene rings is 2. The lowest BCUT2D eigenvalue weighted by Gasteiger charge is -2.08. The molecule has 0 aliphatic rings. The molecular weight excluding hydrogens is 397 g/mol. The zero-order valence-corrected chi connectivity index (χ0v) is 15.7. The van der Waals surface area contributed by atoms with Gasteiger partial charge in [-0.25, -0.2) is 4.98 Å². The third kappa shape index (κ3) is 4.87. The number of aryl methyl sites for hydroxylation is 1. The maximum Gasteiger partial charge on any atom is 0.416 e. The smallest absolute Gasteiger partial charge is 0.302 e. The van der Waals surface area contributed by atoms with Gasteiger partial charge in [0.15, 0.2) is 5.13 Å². The summed E-state index contributed by atoms with van der Waals surface area (Å²) in [5.41, 5.74) is 1.11. The molecule has 3 nitrogen and oxygen atoms in total. The lowest BCUT2D eigenvalue weighted by Crippen LogP contribution is -2.15. The van der Waals surface area contributed by atoms with Gasteiger partial charge in [-0.15, -0.1) is 11.3 Å². The molecule has 27 heavy (non-hydrogen) atoms. The van der Waals surface area contributed by atoms with Crippen molar-refractivity contribution in [3.8, 4) is 11.3 Å². The van der Waals surface area contributed by atoms with Gasteiger partial charge in [0.25, 0.3) is 0 Å². The Morgan fingerprint density at radius 2 is 1.89 bits per heavy atom. The van der Waals surface area contributed by atoms with Crippen LogP contribution in [0.1, 0.15) is 16.0 Å². The number of anilines is 1. The third-order valence-corrected chi connectivity index (χ3v) is 4.92. The third-order valence-electron chi connectivity index (χ3n) is 3.78. The molecule has 1 amide bonds. The molecule has 0 fully saturated rings. The van der Waals surface area contributed by atoms with Gasteiger partial charge in [-0.2, -0.15) is 13.2 Å². The highest BCUT2D eigenvalue weighted by Gasteiger charge is 2.30. The van der Waals surface area contributed by atoms with Gasteiger partial charge >= 0.3 is 6.18 Å². The molecular formula is C19H14ClF3N2OS. The zero-order valence-electron chi connectivity index (χ0n) is 14.1. The van der Waals surface area contributed by atoms with Crippen LogP contribution in [-0.2, 0) is 17.4 Å². The Bertz CT molecular complexity index is 968. The van der Waals surface area contributed by atoms with Crippen molar-refractivity contribution in [2.75, 3.05) is 5.32 Å². The summed E-state index contributed by atoms with van der Waals surface area (Å²) in [5.74, 6) is -0.425. The van der Waals surface area contributed by atoms with E-state index in [0.29, 0.717) is 10.2 Å². The van der Waals surface area contributed by atoms with Crippen LogP contribution in [0, 0.1) is 6.92 Å². The monoisotopic (exact) mass is 410 g/mol. The van der Waals surface area contributed by atoms with Crippen LogP contribution in [0.5, 0.6) is 0 Å². The number of alkyl halides is 3. The largest absolute Gasteiger partial charge is 0.416 e. The minimum Gasteiger partial charge on any atom is -0.302 e. The molecule has 140 valence electrons. The van der Waals surface area contributed by atoms with E-state index >= 15 is 0 Å². The molecule has 0 spiro atoms. The standard InChI is InChI=1S/C19H14ClF3N2OS/c1-11-17(13-5-7-15(20)8-6-13)25-18(27-11)24-16(26)10-12-3-2-4-14(9-12)19(21,22)23/h2-9H,10H2,1H3,(H,24,25,26). The van der Waals surface area contributed by atoms with Crippen molar-refractivity contribution in [3.05, 3.63) is 69.6 Å². The molecule has 0 atom stereocenters. The number of nitrogens with one attached hydrogen (secondary N) is 1. The molecule has 0 aliphatic carbocycles. The first-order valence-corrected chi connectivity index (χ1v) is 9.11. The first-order chi connectivity index (χ1) is 12.7. The van der Waals surface area contributed by atoms with Gasteiger partial charge in [0.2, 0.25) is 5.91 Å². The van der Waals surface area contributed by atoms with E-state index in [2.05, 4.69) is 10.3 Å². The predicted molar refractivity (Wildman–Crippen MR) is 101 cm³/mol. The fourth-order valence-corrected chi connectivity index (χ4v) is 3.51. The Hall–Kier alpha value is -2.38. The molecule has 0 unspecified atom stereocenters. The van der Waals surface area contributed by atoms with Crippen molar-refractivity contribution >= 4 is 34.0 Å². The van der Waals surface area contributed by atoms with Crippen LogP contribution in [0.4, 0.5) is 18.3 Å². The highest BCUT2D eigenvalue weighted by molar-refractivity contribution is 7.16. The van der Waals surface area contributed by atoms with Crippen molar-refractivity contribution in [1.29, 1.82) is 0 Å². The first-order valence-electron chi connectivity index (χ1n) is 7.92. The molecule has 1 aromatic heterocycles. The molecule has 1 N–H and O–H groups in total. The summed E-state index contributed by atoms with van der Waals surface area (Å²) in [6.45, 7) is 1.88. The molecule has 0 radical (unpaired) electrons. The lowest BCUT2D eigenvalue weighted by atomic mass is 10.1. The Morgan fingerprint density at radius 1 is 1.19 bits per heavy atom. The average molecular weight is 411 g/mol. The van der Waals surface area contributed by atoms with Crippen LogP contribution in [-0.4, -0.2) is 10.9 Å². The summed E-state index contributed by atoms with van der Waals surface area (Å²) >= 11 is 7.19. The van der Waals surface area contributed by atoms with Crippen molar-refractivity contribution in [3.63, 3.8) is 0 Å².